The summed E-state index contributed by atoms with van der Waals surface area (Å²) in [4.78, 5) is 14.4. The maximum absolute atomic E-state index is 13.1. The fourth-order valence-corrected chi connectivity index (χ4v) is 23.2. The molecule has 0 aliphatic carbocycles. The van der Waals surface area contributed by atoms with Gasteiger partial charge in [0.25, 0.3) is 0 Å². The van der Waals surface area contributed by atoms with Crippen LogP contribution in [0, 0.1) is 0 Å². The van der Waals surface area contributed by atoms with Gasteiger partial charge in [0.15, 0.2) is 0 Å². The normalized spacial score (nSPS) is 16.3. The van der Waals surface area contributed by atoms with Crippen molar-refractivity contribution in [3.05, 3.63) is 142 Å². The molecule has 14 rings (SSSR count). The van der Waals surface area contributed by atoms with E-state index in [1.54, 1.807) is 118 Å². The lowest BCUT2D eigenvalue weighted by Gasteiger charge is -2.28. The van der Waals surface area contributed by atoms with Gasteiger partial charge in [-0.3, -0.25) is 0 Å². The van der Waals surface area contributed by atoms with Crippen LogP contribution in [0.15, 0.2) is 175 Å². The molecule has 8 aromatic carbocycles. The number of ether oxygens (including phenoxy) is 7. The Balaban J connectivity index is 1.08. The zero-order chi connectivity index (χ0) is 80.3. The number of hydrogen-bond acceptors (Lipinski definition) is 19. The van der Waals surface area contributed by atoms with Crippen LogP contribution in [0.3, 0.4) is 0 Å². The van der Waals surface area contributed by atoms with Gasteiger partial charge in [0.1, 0.15) is 59.2 Å². The Hall–Kier alpha value is -4.38. The van der Waals surface area contributed by atoms with Crippen LogP contribution in [0.1, 0.15) is 211 Å². The molecule has 111 heavy (non-hydrogen) atoms. The molecule has 0 saturated heterocycles. The van der Waals surface area contributed by atoms with Gasteiger partial charge in [-0.05, 0) is 185 Å². The Kier molecular flexibility index (Phi) is 26.3. The highest BCUT2D eigenvalue weighted by Crippen LogP contribution is 2.60. The molecule has 0 aromatic heterocycles. The molecule has 0 amide bonds. The smallest absolute Gasteiger partial charge is 0.147 e. The van der Waals surface area contributed by atoms with Crippen molar-refractivity contribution in [2.45, 2.75) is 288 Å². The minimum atomic E-state index is -0.285. The molecule has 8 aromatic rings. The van der Waals surface area contributed by atoms with Gasteiger partial charge in [0.2, 0.25) is 0 Å². The van der Waals surface area contributed by atoms with Crippen LogP contribution in [0.25, 0.3) is 0 Å². The molecule has 0 fully saturated rings. The Labute approximate surface area is 705 Å². The number of hydrogen-bond donors (Lipinski definition) is 2. The topological polar surface area (TPSA) is 105 Å². The monoisotopic (exact) mass is 1680 g/mol. The van der Waals surface area contributed by atoms with E-state index in [1.165, 1.54) is 22.3 Å². The first kappa shape index (κ1) is 86.0. The second-order valence-electron chi connectivity index (χ2n) is 37.2. The van der Waals surface area contributed by atoms with Crippen LogP contribution in [0.2, 0.25) is 0 Å². The Bertz CT molecular complexity index is 4290. The van der Waals surface area contributed by atoms with Crippen LogP contribution in [0.5, 0.6) is 46.0 Å². The van der Waals surface area contributed by atoms with E-state index in [0.717, 1.165) is 124 Å². The third-order valence-electron chi connectivity index (χ3n) is 19.7. The van der Waals surface area contributed by atoms with Crippen LogP contribution in [-0.2, 0) is 48.1 Å². The summed E-state index contributed by atoms with van der Waals surface area (Å²) in [6.07, 6.45) is 0. The number of phenols is 2. The predicted octanol–water partition coefficient (Wildman–Crippen LogP) is 27.8. The first-order valence-corrected chi connectivity index (χ1v) is 47.5. The number of aromatic hydroxyl groups is 2. The molecule has 6 aliphatic heterocycles. The van der Waals surface area contributed by atoms with E-state index >= 15 is 0 Å². The molecule has 0 atom stereocenters. The Morgan fingerprint density at radius 3 is 0.486 bits per heavy atom. The van der Waals surface area contributed by atoms with Crippen molar-refractivity contribution in [1.82, 2.24) is 0 Å². The molecule has 6 aliphatic rings. The quantitative estimate of drug-likeness (QED) is 0.141. The summed E-state index contributed by atoms with van der Waals surface area (Å²) >= 11 is 16.6. The highest BCUT2D eigenvalue weighted by Gasteiger charge is 2.35. The number of fused-ring (bicyclic) bond motifs is 18. The van der Waals surface area contributed by atoms with Gasteiger partial charge >= 0.3 is 0 Å². The maximum atomic E-state index is 13.1. The lowest BCUT2D eigenvalue weighted by Crippen LogP contribution is -2.16. The van der Waals surface area contributed by atoms with Crippen LogP contribution in [0.4, 0.5) is 0 Å². The van der Waals surface area contributed by atoms with Crippen molar-refractivity contribution in [2.24, 2.45) is 0 Å². The van der Waals surface area contributed by atoms with Crippen LogP contribution in [-0.4, -0.2) is 86.1 Å². The van der Waals surface area contributed by atoms with Gasteiger partial charge in [0, 0.05) is 23.0 Å². The molecule has 0 radical (unpaired) electrons. The lowest BCUT2D eigenvalue weighted by atomic mass is 9.87. The molecule has 9 nitrogen and oxygen atoms in total. The number of phenolic OH excluding ortho intramolecular Hbond substituents is 2. The van der Waals surface area contributed by atoms with Crippen LogP contribution < -0.4 is 28.4 Å². The highest BCUT2D eigenvalue weighted by atomic mass is 32.2. The van der Waals surface area contributed by atoms with Crippen molar-refractivity contribution in [1.29, 1.82) is 0 Å². The van der Waals surface area contributed by atoms with E-state index in [9.17, 15) is 10.2 Å². The minimum absolute atomic E-state index is 0.198. The first-order chi connectivity index (χ1) is 51.8. The average Bonchev–Trinajstić information content (AvgIpc) is 0.816. The SMILES string of the molecule is CC(C)(C)c1cc2c(O)c(c1)Sc1cc(C(C)(C)C)cc3c1OCCSCCOc1c4cc(C(C)(C)C)cc1Sc1cc(C(C)(C)C)cc5c1OCCOCCOc1c(cc(C(C)(C)C)cc1S4)Sc1cc(C(C)(C)C)cc(c1OCCSCCOc1c(cc(C(C)(C)C)cc1Sc1cc(C(C)(C)C)cc(c1O)S3)S2)S5. The zero-order valence-corrected chi connectivity index (χ0v) is 77.7. The second-order valence-corrected chi connectivity index (χ2v) is 48.3. The van der Waals surface area contributed by atoms with Crippen LogP contribution >= 0.6 is 118 Å². The average molecular weight is 1680 g/mol. The van der Waals surface area contributed by atoms with E-state index in [1.807, 2.05) is 0 Å². The summed E-state index contributed by atoms with van der Waals surface area (Å²) in [5.41, 5.74) is 7.03. The summed E-state index contributed by atoms with van der Waals surface area (Å²) in [6, 6.07) is 36.5. The second kappa shape index (κ2) is 33.9. The lowest BCUT2D eigenvalue weighted by molar-refractivity contribution is 0.0737. The Morgan fingerprint density at radius 2 is 0.333 bits per heavy atom. The number of thioether (sulfide) groups is 2. The summed E-state index contributed by atoms with van der Waals surface area (Å²) < 4.78 is 50.4. The van der Waals surface area contributed by atoms with Gasteiger partial charge in [-0.1, -0.05) is 260 Å². The summed E-state index contributed by atoms with van der Waals surface area (Å²) in [7, 11) is 0. The molecular formula is C92H114O9S10. The minimum Gasteiger partial charge on any atom is -0.506 e. The maximum Gasteiger partial charge on any atom is 0.147 e. The molecular weight excluding hydrogens is 1570 g/mol. The van der Waals surface area contributed by atoms with E-state index in [4.69, 9.17) is 33.2 Å². The molecule has 0 unspecified atom stereocenters. The summed E-state index contributed by atoms with van der Waals surface area (Å²) in [5, 5.41) is 26.3. The van der Waals surface area contributed by atoms with Crippen molar-refractivity contribution in [2.75, 3.05) is 75.9 Å². The fraction of sp³-hybridized carbons (Fsp3) is 0.478. The van der Waals surface area contributed by atoms with E-state index in [2.05, 4.69) is 263 Å². The Morgan fingerprint density at radius 1 is 0.198 bits per heavy atom. The van der Waals surface area contributed by atoms with E-state index < -0.39 is 0 Å². The van der Waals surface area contributed by atoms with Crippen molar-refractivity contribution >= 4 is 118 Å². The number of benzene rings is 8. The van der Waals surface area contributed by atoms with Gasteiger partial charge in [-0.2, -0.15) is 23.5 Å². The fourth-order valence-electron chi connectivity index (χ4n) is 12.6. The van der Waals surface area contributed by atoms with Gasteiger partial charge in [-0.25, -0.2) is 0 Å². The first-order valence-electron chi connectivity index (χ1n) is 38.6. The van der Waals surface area contributed by atoms with Crippen molar-refractivity contribution in [3.63, 3.8) is 0 Å². The van der Waals surface area contributed by atoms with Crippen molar-refractivity contribution < 1.29 is 43.4 Å². The van der Waals surface area contributed by atoms with Gasteiger partial charge in [-0.15, -0.1) is 0 Å². The number of rotatable bonds is 0. The van der Waals surface area contributed by atoms with Gasteiger partial charge in [0.05, 0.1) is 118 Å². The predicted molar refractivity (Wildman–Crippen MR) is 476 cm³/mol. The third kappa shape index (κ3) is 20.8. The molecule has 2 N–H and O–H groups in total. The van der Waals surface area contributed by atoms with Gasteiger partial charge < -0.3 is 43.4 Å². The molecule has 22 bridgehead atoms. The van der Waals surface area contributed by atoms with E-state index in [-0.39, 0.29) is 54.8 Å². The summed E-state index contributed by atoms with van der Waals surface area (Å²) in [5.74, 6) is 7.63. The summed E-state index contributed by atoms with van der Waals surface area (Å²) in [6.45, 7) is 57.4. The molecule has 596 valence electrons. The van der Waals surface area contributed by atoms with E-state index in [0.29, 0.717) is 87.4 Å². The highest BCUT2D eigenvalue weighted by molar-refractivity contribution is 8.02. The molecule has 0 spiro atoms. The van der Waals surface area contributed by atoms with Crippen molar-refractivity contribution in [3.8, 4) is 46.0 Å². The molecule has 0 saturated carbocycles. The zero-order valence-electron chi connectivity index (χ0n) is 69.6. The largest absolute Gasteiger partial charge is 0.506 e. The third-order valence-corrected chi connectivity index (χ3v) is 30.0. The standard InChI is InChI=1S/C92H114O9S10/c1-85(2,3)53-37-61-77(93)62(38-53)105-66-42-56(88(10,11)12)44-68-82(66)99-30-34-103-36-32-101-84-75-51-60(92(22,23)24)52-76(84)111-72-48-58(90(16,17)18)46-70-80(72)97-28-26-95-25-27-96-79-69(45-57(89(13,14)15)47-71(79)110-75)108-73-49-59(91(19,20)21)50-74(109-70)83(73)100-31-35-102-33-29-98-81-65(104-61)41-55(87(7,8)9)43-67(81)106-63-39-54(86(4,5)6)40-64(107-68)78(63)94/h37-52,93-94H,25-36H2,1-24H3. The molecule has 6 heterocycles. The molecule has 19 heteroatoms.